The highest BCUT2D eigenvalue weighted by Gasteiger charge is 2.63. The number of carbonyl (C=O) groups is 2. The summed E-state index contributed by atoms with van der Waals surface area (Å²) in [6.07, 6.45) is 8.94. The molecule has 0 aromatic carbocycles. The van der Waals surface area contributed by atoms with Gasteiger partial charge in [0.25, 0.3) is 0 Å². The fourth-order valence-corrected chi connectivity index (χ4v) is 3.34. The van der Waals surface area contributed by atoms with Crippen LogP contribution < -0.4 is 0 Å². The van der Waals surface area contributed by atoms with Crippen molar-refractivity contribution in [2.75, 3.05) is 0 Å². The highest BCUT2D eigenvalue weighted by Crippen LogP contribution is 2.58. The molecule has 2 atom stereocenters. The molecular formula is C17H24O4. The van der Waals surface area contributed by atoms with Gasteiger partial charge in [0.15, 0.2) is 0 Å². The molecule has 1 fully saturated rings. The van der Waals surface area contributed by atoms with Crippen molar-refractivity contribution in [1.82, 2.24) is 0 Å². The Balaban J connectivity index is 2.41. The van der Waals surface area contributed by atoms with Gasteiger partial charge in [0.05, 0.1) is 12.2 Å². The topological polar surface area (TPSA) is 52.6 Å². The van der Waals surface area contributed by atoms with Crippen LogP contribution in [0.4, 0.5) is 0 Å². The summed E-state index contributed by atoms with van der Waals surface area (Å²) in [5, 5.41) is 0. The van der Waals surface area contributed by atoms with Crippen molar-refractivity contribution in [3.63, 3.8) is 0 Å². The van der Waals surface area contributed by atoms with Crippen LogP contribution >= 0.6 is 0 Å². The van der Waals surface area contributed by atoms with Gasteiger partial charge >= 0.3 is 11.9 Å². The van der Waals surface area contributed by atoms with Gasteiger partial charge in [0.2, 0.25) is 0 Å². The quantitative estimate of drug-likeness (QED) is 0.747. The molecule has 4 heteroatoms. The normalized spacial score (nSPS) is 30.6. The molecule has 0 amide bonds. The van der Waals surface area contributed by atoms with E-state index >= 15 is 0 Å². The summed E-state index contributed by atoms with van der Waals surface area (Å²) in [6.45, 7) is 7.28. The third kappa shape index (κ3) is 2.52. The lowest BCUT2D eigenvalue weighted by molar-refractivity contribution is -0.174. The van der Waals surface area contributed by atoms with Crippen LogP contribution in [-0.4, -0.2) is 24.1 Å². The van der Waals surface area contributed by atoms with Crippen LogP contribution in [0.25, 0.3) is 0 Å². The Labute approximate surface area is 126 Å². The first-order valence-corrected chi connectivity index (χ1v) is 7.63. The maximum atomic E-state index is 12.7. The maximum absolute atomic E-state index is 12.7. The van der Waals surface area contributed by atoms with Crippen LogP contribution in [0.1, 0.15) is 47.0 Å². The van der Waals surface area contributed by atoms with Gasteiger partial charge in [-0.1, -0.05) is 30.7 Å². The lowest BCUT2D eigenvalue weighted by atomic mass is 9.63. The van der Waals surface area contributed by atoms with Crippen molar-refractivity contribution < 1.29 is 19.1 Å². The van der Waals surface area contributed by atoms with Crippen LogP contribution in [-0.2, 0) is 19.1 Å². The first kappa shape index (κ1) is 15.8. The minimum absolute atomic E-state index is 0.203. The molecule has 0 saturated heterocycles. The van der Waals surface area contributed by atoms with E-state index in [1.54, 1.807) is 0 Å². The molecule has 2 aliphatic rings. The zero-order valence-electron chi connectivity index (χ0n) is 13.2. The molecule has 0 aliphatic heterocycles. The fourth-order valence-electron chi connectivity index (χ4n) is 3.34. The van der Waals surface area contributed by atoms with E-state index < -0.39 is 10.8 Å². The highest BCUT2D eigenvalue weighted by molar-refractivity contribution is 5.93. The molecular weight excluding hydrogens is 268 g/mol. The Kier molecular flexibility index (Phi) is 4.26. The largest absolute Gasteiger partial charge is 0.462 e. The molecule has 2 rings (SSSR count). The molecule has 0 spiro atoms. The third-order valence-corrected chi connectivity index (χ3v) is 4.22. The summed E-state index contributed by atoms with van der Waals surface area (Å²) in [5.41, 5.74) is -1.84. The first-order chi connectivity index (χ1) is 9.84. The molecule has 4 nitrogen and oxygen atoms in total. The van der Waals surface area contributed by atoms with Crippen LogP contribution in [0.2, 0.25) is 0 Å². The lowest BCUT2D eigenvalue weighted by Crippen LogP contribution is -2.50. The molecule has 0 N–H and O–H groups in total. The molecule has 0 heterocycles. The maximum Gasteiger partial charge on any atom is 0.317 e. The number of allylic oxidation sites excluding steroid dienone is 2. The zero-order valence-corrected chi connectivity index (χ0v) is 13.2. The molecule has 0 aromatic heterocycles. The van der Waals surface area contributed by atoms with Gasteiger partial charge in [-0.3, -0.25) is 9.59 Å². The van der Waals surface area contributed by atoms with Crippen molar-refractivity contribution in [2.45, 2.75) is 59.2 Å². The number of ether oxygens (including phenoxy) is 2. The standard InChI is InChI=1S/C17H24O4/c1-12(2)20-14(18)16-8-5-6-9-17(16,11-7-10-16)15(19)21-13(3)4/h5-6,8-9,12-13H,7,10-11H2,1-4H3/t16-,17+. The van der Waals surface area contributed by atoms with Crippen molar-refractivity contribution in [3.8, 4) is 0 Å². The highest BCUT2D eigenvalue weighted by atomic mass is 16.6. The number of fused-ring (bicyclic) bond motifs is 1. The Morgan fingerprint density at radius 3 is 1.57 bits per heavy atom. The van der Waals surface area contributed by atoms with Gasteiger partial charge in [-0.15, -0.1) is 0 Å². The summed E-state index contributed by atoms with van der Waals surface area (Å²) in [4.78, 5) is 25.4. The summed E-state index contributed by atoms with van der Waals surface area (Å²) in [7, 11) is 0. The van der Waals surface area contributed by atoms with E-state index in [0.29, 0.717) is 12.8 Å². The van der Waals surface area contributed by atoms with E-state index in [-0.39, 0.29) is 24.1 Å². The van der Waals surface area contributed by atoms with E-state index in [1.165, 1.54) is 0 Å². The van der Waals surface area contributed by atoms with E-state index in [0.717, 1.165) is 6.42 Å². The van der Waals surface area contributed by atoms with Gasteiger partial charge < -0.3 is 9.47 Å². The van der Waals surface area contributed by atoms with E-state index in [1.807, 2.05) is 52.0 Å². The van der Waals surface area contributed by atoms with Crippen LogP contribution in [0.15, 0.2) is 24.3 Å². The second-order valence-electron chi connectivity index (χ2n) is 6.42. The van der Waals surface area contributed by atoms with Gasteiger partial charge in [0, 0.05) is 0 Å². The summed E-state index contributed by atoms with van der Waals surface area (Å²) in [5.74, 6) is -0.646. The minimum Gasteiger partial charge on any atom is -0.462 e. The van der Waals surface area contributed by atoms with E-state index in [9.17, 15) is 9.59 Å². The molecule has 0 radical (unpaired) electrons. The number of carbonyl (C=O) groups excluding carboxylic acids is 2. The van der Waals surface area contributed by atoms with Crippen LogP contribution in [0.5, 0.6) is 0 Å². The Hall–Kier alpha value is -1.58. The average molecular weight is 292 g/mol. The van der Waals surface area contributed by atoms with Crippen molar-refractivity contribution in [3.05, 3.63) is 24.3 Å². The average Bonchev–Trinajstić information content (AvgIpc) is 2.78. The van der Waals surface area contributed by atoms with Crippen LogP contribution in [0.3, 0.4) is 0 Å². The molecule has 2 aliphatic carbocycles. The summed E-state index contributed by atoms with van der Waals surface area (Å²) < 4.78 is 10.9. The Bertz CT molecular complexity index is 445. The monoisotopic (exact) mass is 292 g/mol. The van der Waals surface area contributed by atoms with Gasteiger partial charge in [-0.2, -0.15) is 0 Å². The van der Waals surface area contributed by atoms with Crippen LogP contribution in [0, 0.1) is 10.8 Å². The predicted molar refractivity (Wildman–Crippen MR) is 79.5 cm³/mol. The Morgan fingerprint density at radius 1 is 0.857 bits per heavy atom. The van der Waals surface area contributed by atoms with Crippen molar-refractivity contribution in [1.29, 1.82) is 0 Å². The van der Waals surface area contributed by atoms with E-state index in [4.69, 9.17) is 9.47 Å². The molecule has 0 aromatic rings. The number of hydrogen-bond donors (Lipinski definition) is 0. The SMILES string of the molecule is CC(C)OC(=O)[C@@]12C=CC=C[C@]1(C(=O)OC(C)C)CCC2. The first-order valence-electron chi connectivity index (χ1n) is 7.63. The second-order valence-corrected chi connectivity index (χ2v) is 6.42. The smallest absolute Gasteiger partial charge is 0.317 e. The Morgan fingerprint density at radius 2 is 1.24 bits per heavy atom. The number of rotatable bonds is 4. The molecule has 116 valence electrons. The zero-order chi connectivity index (χ0) is 15.7. The third-order valence-electron chi connectivity index (χ3n) is 4.22. The number of hydrogen-bond acceptors (Lipinski definition) is 4. The fraction of sp³-hybridized carbons (Fsp3) is 0.647. The lowest BCUT2D eigenvalue weighted by Gasteiger charge is -2.40. The second kappa shape index (κ2) is 5.66. The van der Waals surface area contributed by atoms with Gasteiger partial charge in [0.1, 0.15) is 10.8 Å². The van der Waals surface area contributed by atoms with Gasteiger partial charge in [-0.05, 0) is 40.5 Å². The van der Waals surface area contributed by atoms with Gasteiger partial charge in [-0.25, -0.2) is 0 Å². The molecule has 21 heavy (non-hydrogen) atoms. The summed E-state index contributed by atoms with van der Waals surface area (Å²) in [6, 6.07) is 0. The van der Waals surface area contributed by atoms with Crippen molar-refractivity contribution >= 4 is 11.9 Å². The van der Waals surface area contributed by atoms with E-state index in [2.05, 4.69) is 0 Å². The molecule has 1 saturated carbocycles. The minimum atomic E-state index is -0.919. The molecule has 0 bridgehead atoms. The molecule has 0 unspecified atom stereocenters. The predicted octanol–water partition coefficient (Wildman–Crippen LogP) is 3.17. The number of esters is 2. The van der Waals surface area contributed by atoms with Crippen molar-refractivity contribution in [2.24, 2.45) is 10.8 Å². The summed E-state index contributed by atoms with van der Waals surface area (Å²) >= 11 is 0.